The van der Waals surface area contributed by atoms with E-state index in [2.05, 4.69) is 0 Å². The number of ether oxygens (including phenoxy) is 3. The van der Waals surface area contributed by atoms with Crippen LogP contribution in [0.2, 0.25) is 0 Å². The van der Waals surface area contributed by atoms with Crippen LogP contribution < -0.4 is 15.9 Å². The molecule has 0 spiro atoms. The fraction of sp³-hybridized carbons (Fsp3) is 0.263. The molecule has 0 saturated carbocycles. The zero-order valence-electron chi connectivity index (χ0n) is 14.6. The number of carbonyl (C=O) groups is 1. The minimum Gasteiger partial charge on any atom is -0.460 e. The Hall–Kier alpha value is -3.10. The molecule has 0 bridgehead atoms. The molecule has 0 amide bonds. The van der Waals surface area contributed by atoms with Gasteiger partial charge in [-0.2, -0.15) is 0 Å². The van der Waals surface area contributed by atoms with Crippen LogP contribution >= 0.6 is 0 Å². The molecule has 8 heteroatoms. The topological polar surface area (TPSA) is 121 Å². The number of rotatable bonds is 6. The van der Waals surface area contributed by atoms with Gasteiger partial charge in [-0.15, -0.1) is 0 Å². The highest BCUT2D eigenvalue weighted by atomic mass is 16.6. The first-order valence-electron chi connectivity index (χ1n) is 8.23. The number of methoxy groups -OCH3 is 1. The van der Waals surface area contributed by atoms with Gasteiger partial charge in [0, 0.05) is 13.2 Å². The minimum absolute atomic E-state index is 0.0167. The molecule has 27 heavy (non-hydrogen) atoms. The highest BCUT2D eigenvalue weighted by molar-refractivity contribution is 5.92. The van der Waals surface area contributed by atoms with E-state index in [1.165, 1.54) is 7.11 Å². The van der Waals surface area contributed by atoms with Crippen molar-refractivity contribution in [3.63, 3.8) is 0 Å². The number of hydrogen-bond donors (Lipinski definition) is 2. The van der Waals surface area contributed by atoms with Crippen molar-refractivity contribution in [2.75, 3.05) is 20.3 Å². The fourth-order valence-electron chi connectivity index (χ4n) is 2.83. The van der Waals surface area contributed by atoms with Crippen LogP contribution in [0.1, 0.15) is 23.0 Å². The van der Waals surface area contributed by atoms with Crippen molar-refractivity contribution in [2.24, 2.45) is 5.73 Å². The number of aliphatic hydroxyl groups excluding tert-OH is 1. The van der Waals surface area contributed by atoms with Crippen LogP contribution in [-0.2, 0) is 20.9 Å². The van der Waals surface area contributed by atoms with Gasteiger partial charge in [-0.05, 0) is 5.56 Å². The zero-order chi connectivity index (χ0) is 19.4. The lowest BCUT2D eigenvalue weighted by Gasteiger charge is -2.26. The van der Waals surface area contributed by atoms with E-state index < -0.39 is 23.9 Å². The van der Waals surface area contributed by atoms with Gasteiger partial charge in [0.1, 0.15) is 24.5 Å². The molecule has 1 aromatic heterocycles. The molecule has 0 radical (unpaired) electrons. The number of aliphatic hydroxyl groups is 1. The second kappa shape index (κ2) is 8.07. The van der Waals surface area contributed by atoms with Gasteiger partial charge in [-0.3, -0.25) is 4.79 Å². The van der Waals surface area contributed by atoms with Gasteiger partial charge in [-0.25, -0.2) is 4.79 Å². The van der Waals surface area contributed by atoms with Crippen LogP contribution in [0, 0.1) is 0 Å². The maximum atomic E-state index is 12.7. The third kappa shape index (κ3) is 3.71. The summed E-state index contributed by atoms with van der Waals surface area (Å²) in [4.78, 5) is 25.0. The summed E-state index contributed by atoms with van der Waals surface area (Å²) >= 11 is 0. The molecule has 0 aliphatic carbocycles. The number of carbonyl (C=O) groups excluding carboxylic acids is 1. The van der Waals surface area contributed by atoms with Crippen molar-refractivity contribution in [2.45, 2.75) is 12.5 Å². The molecule has 2 aromatic rings. The molecule has 0 saturated heterocycles. The first kappa shape index (κ1) is 18.7. The normalized spacial score (nSPS) is 15.9. The lowest BCUT2D eigenvalue weighted by molar-refractivity contribution is -0.140. The van der Waals surface area contributed by atoms with E-state index >= 15 is 0 Å². The molecule has 3 N–H and O–H groups in total. The SMILES string of the molecule is COCCOC(=O)C1=C(N)Oc2c(oc(CO)cc2=O)[C@@H]1c1ccccc1. The summed E-state index contributed by atoms with van der Waals surface area (Å²) in [6.07, 6.45) is 0. The quantitative estimate of drug-likeness (QED) is 0.569. The van der Waals surface area contributed by atoms with Gasteiger partial charge >= 0.3 is 5.97 Å². The molecule has 1 atom stereocenters. The van der Waals surface area contributed by atoms with E-state index in [4.69, 9.17) is 24.4 Å². The molecule has 0 fully saturated rings. The number of nitrogens with two attached hydrogens (primary N) is 1. The van der Waals surface area contributed by atoms with Gasteiger partial charge in [0.05, 0.1) is 12.5 Å². The molecule has 1 aromatic carbocycles. The standard InChI is InChI=1S/C19H19NO7/c1-24-7-8-25-19(23)15-14(11-5-3-2-4-6-11)17-16(27-18(15)20)13(22)9-12(10-21)26-17/h2-6,9,14,21H,7-8,10,20H2,1H3/t14-/m1/s1. The van der Waals surface area contributed by atoms with Crippen LogP contribution in [-0.4, -0.2) is 31.4 Å². The third-order valence-corrected chi connectivity index (χ3v) is 4.04. The molecule has 3 rings (SSSR count). The average Bonchev–Trinajstić information content (AvgIpc) is 2.68. The zero-order valence-corrected chi connectivity index (χ0v) is 14.6. The predicted molar refractivity (Wildman–Crippen MR) is 93.9 cm³/mol. The summed E-state index contributed by atoms with van der Waals surface area (Å²) in [5.74, 6) is -1.73. The van der Waals surface area contributed by atoms with Crippen molar-refractivity contribution in [1.29, 1.82) is 0 Å². The predicted octanol–water partition coefficient (Wildman–Crippen LogP) is 1.02. The highest BCUT2D eigenvalue weighted by Gasteiger charge is 2.39. The molecule has 1 aliphatic rings. The fourth-order valence-corrected chi connectivity index (χ4v) is 2.83. The van der Waals surface area contributed by atoms with E-state index in [1.807, 2.05) is 6.07 Å². The van der Waals surface area contributed by atoms with Crippen molar-refractivity contribution >= 4 is 5.97 Å². The lowest BCUT2D eigenvalue weighted by atomic mass is 9.87. The number of hydrogen-bond acceptors (Lipinski definition) is 8. The summed E-state index contributed by atoms with van der Waals surface area (Å²) in [6, 6.07) is 10.0. The number of benzene rings is 1. The second-order valence-electron chi connectivity index (χ2n) is 5.78. The molecular formula is C19H19NO7. The van der Waals surface area contributed by atoms with Crippen LogP contribution in [0.3, 0.4) is 0 Å². The summed E-state index contributed by atoms with van der Waals surface area (Å²) in [5.41, 5.74) is 6.13. The van der Waals surface area contributed by atoms with E-state index in [0.29, 0.717) is 5.56 Å². The van der Waals surface area contributed by atoms with E-state index in [9.17, 15) is 14.7 Å². The molecule has 2 heterocycles. The molecule has 1 aliphatic heterocycles. The van der Waals surface area contributed by atoms with Crippen LogP contribution in [0.25, 0.3) is 0 Å². The monoisotopic (exact) mass is 373 g/mol. The lowest BCUT2D eigenvalue weighted by Crippen LogP contribution is -2.30. The Balaban J connectivity index is 2.14. The van der Waals surface area contributed by atoms with Gasteiger partial charge in [0.2, 0.25) is 17.1 Å². The molecule has 142 valence electrons. The van der Waals surface area contributed by atoms with Crippen molar-refractivity contribution in [3.8, 4) is 5.75 Å². The van der Waals surface area contributed by atoms with E-state index in [1.54, 1.807) is 24.3 Å². The van der Waals surface area contributed by atoms with Gasteiger partial charge < -0.3 is 29.5 Å². The maximum absolute atomic E-state index is 12.7. The third-order valence-electron chi connectivity index (χ3n) is 4.04. The number of esters is 1. The number of fused-ring (bicyclic) bond motifs is 1. The first-order valence-corrected chi connectivity index (χ1v) is 8.23. The van der Waals surface area contributed by atoms with Gasteiger partial charge in [0.15, 0.2) is 5.76 Å². The second-order valence-corrected chi connectivity index (χ2v) is 5.78. The van der Waals surface area contributed by atoms with Crippen LogP contribution in [0.4, 0.5) is 0 Å². The summed E-state index contributed by atoms with van der Waals surface area (Å²) in [6.45, 7) is -0.228. The molecular weight excluding hydrogens is 354 g/mol. The summed E-state index contributed by atoms with van der Waals surface area (Å²) in [7, 11) is 1.49. The minimum atomic E-state index is -0.816. The Kier molecular flexibility index (Phi) is 5.58. The van der Waals surface area contributed by atoms with Crippen molar-refractivity contribution in [3.05, 3.63) is 75.2 Å². The van der Waals surface area contributed by atoms with Crippen LogP contribution in [0.15, 0.2) is 57.1 Å². The maximum Gasteiger partial charge on any atom is 0.340 e. The van der Waals surface area contributed by atoms with Crippen LogP contribution in [0.5, 0.6) is 5.75 Å². The average molecular weight is 373 g/mol. The van der Waals surface area contributed by atoms with Gasteiger partial charge in [0.25, 0.3) is 0 Å². The Morgan fingerprint density at radius 2 is 2.00 bits per heavy atom. The Labute approximate surface area is 154 Å². The summed E-state index contributed by atoms with van der Waals surface area (Å²) < 4.78 is 21.1. The summed E-state index contributed by atoms with van der Waals surface area (Å²) in [5, 5.41) is 9.38. The Bertz CT molecular complexity index is 917. The Morgan fingerprint density at radius 3 is 2.67 bits per heavy atom. The Morgan fingerprint density at radius 1 is 1.26 bits per heavy atom. The van der Waals surface area contributed by atoms with E-state index in [-0.39, 0.29) is 41.9 Å². The van der Waals surface area contributed by atoms with Crippen molar-refractivity contribution < 1.29 is 28.5 Å². The smallest absolute Gasteiger partial charge is 0.340 e. The van der Waals surface area contributed by atoms with E-state index in [0.717, 1.165) is 6.07 Å². The largest absolute Gasteiger partial charge is 0.460 e. The molecule has 0 unspecified atom stereocenters. The molecule has 8 nitrogen and oxygen atoms in total. The first-order chi connectivity index (χ1) is 13.1. The highest BCUT2D eigenvalue weighted by Crippen LogP contribution is 2.41. The van der Waals surface area contributed by atoms with Gasteiger partial charge in [-0.1, -0.05) is 30.3 Å². The van der Waals surface area contributed by atoms with Crippen molar-refractivity contribution in [1.82, 2.24) is 0 Å².